The number of carbonyl (C=O) groups excluding carboxylic acids is 1. The van der Waals surface area contributed by atoms with Gasteiger partial charge in [0.2, 0.25) is 5.75 Å². The smallest absolute Gasteiger partial charge is 0.203 e. The van der Waals surface area contributed by atoms with Crippen LogP contribution >= 0.6 is 0 Å². The number of carbonyl (C=O) groups is 1. The molecule has 184 valence electrons. The van der Waals surface area contributed by atoms with Crippen LogP contribution in [0.1, 0.15) is 34.8 Å². The maximum absolute atomic E-state index is 14.6. The van der Waals surface area contributed by atoms with E-state index < -0.39 is 5.82 Å². The summed E-state index contributed by atoms with van der Waals surface area (Å²) >= 11 is 0. The van der Waals surface area contributed by atoms with Crippen LogP contribution in [0.25, 0.3) is 12.2 Å². The molecule has 0 amide bonds. The fourth-order valence-corrected chi connectivity index (χ4v) is 3.71. The summed E-state index contributed by atoms with van der Waals surface area (Å²) in [7, 11) is 6.04. The summed E-state index contributed by atoms with van der Waals surface area (Å²) in [6, 6.07) is 15.5. The number of ketones is 1. The van der Waals surface area contributed by atoms with Crippen LogP contribution in [-0.2, 0) is 0 Å². The van der Waals surface area contributed by atoms with Crippen molar-refractivity contribution in [3.8, 4) is 23.0 Å². The number of ether oxygens (including phenoxy) is 4. The van der Waals surface area contributed by atoms with E-state index in [0.29, 0.717) is 34.1 Å². The van der Waals surface area contributed by atoms with Gasteiger partial charge in [-0.25, -0.2) is 4.39 Å². The molecule has 0 aliphatic carbocycles. The van der Waals surface area contributed by atoms with E-state index >= 15 is 0 Å². The first-order chi connectivity index (χ1) is 16.9. The number of Topliss-reactive ketones (excluding diaryl/α,β-unsaturated/α-hetero) is 1. The summed E-state index contributed by atoms with van der Waals surface area (Å²) in [5, 5.41) is 3.32. The van der Waals surface area contributed by atoms with Gasteiger partial charge in [-0.05, 0) is 30.7 Å². The zero-order chi connectivity index (χ0) is 25.4. The molecule has 0 heterocycles. The Labute approximate surface area is 205 Å². The molecule has 35 heavy (non-hydrogen) atoms. The van der Waals surface area contributed by atoms with Gasteiger partial charge in [0.1, 0.15) is 0 Å². The summed E-state index contributed by atoms with van der Waals surface area (Å²) in [4.78, 5) is 12.6. The molecule has 3 aromatic rings. The molecule has 0 aliphatic rings. The van der Waals surface area contributed by atoms with E-state index in [0.717, 1.165) is 5.56 Å². The number of methoxy groups -OCH3 is 4. The lowest BCUT2D eigenvalue weighted by Crippen LogP contribution is -2.20. The van der Waals surface area contributed by atoms with Crippen molar-refractivity contribution in [1.82, 2.24) is 0 Å². The van der Waals surface area contributed by atoms with Crippen molar-refractivity contribution in [2.75, 3.05) is 33.8 Å². The number of benzene rings is 3. The van der Waals surface area contributed by atoms with Crippen LogP contribution in [0.15, 0.2) is 54.6 Å². The normalized spacial score (nSPS) is 11.7. The average molecular weight is 480 g/mol. The zero-order valence-electron chi connectivity index (χ0n) is 20.6. The van der Waals surface area contributed by atoms with Gasteiger partial charge in [0.05, 0.1) is 28.4 Å². The highest BCUT2D eigenvalue weighted by Gasteiger charge is 2.16. The van der Waals surface area contributed by atoms with E-state index in [1.165, 1.54) is 20.3 Å². The van der Waals surface area contributed by atoms with Crippen LogP contribution in [0, 0.1) is 5.82 Å². The van der Waals surface area contributed by atoms with Crippen molar-refractivity contribution >= 4 is 23.6 Å². The molecule has 3 rings (SSSR count). The summed E-state index contributed by atoms with van der Waals surface area (Å²) in [5.74, 6) is 1.16. The van der Waals surface area contributed by atoms with Crippen molar-refractivity contribution in [1.29, 1.82) is 0 Å². The Morgan fingerprint density at radius 2 is 1.51 bits per heavy atom. The molecule has 0 fully saturated rings. The Kier molecular flexibility index (Phi) is 8.73. The summed E-state index contributed by atoms with van der Waals surface area (Å²) < 4.78 is 35.9. The standard InChI is InChI=1S/C28H30FNO5/c1-18(13-24(31)20-9-7-6-8-10-20)30-23-17-25(32-2)22(29)16-21(23)12-11-19-14-26(33-3)28(35-5)27(15-19)34-4/h6-12,14-18,30H,13H2,1-5H3/b12-11-. The minimum absolute atomic E-state index is 0.0224. The van der Waals surface area contributed by atoms with Gasteiger partial charge in [-0.2, -0.15) is 0 Å². The van der Waals surface area contributed by atoms with E-state index in [2.05, 4.69) is 5.32 Å². The third-order valence-electron chi connectivity index (χ3n) is 5.46. The van der Waals surface area contributed by atoms with E-state index in [1.54, 1.807) is 50.6 Å². The van der Waals surface area contributed by atoms with E-state index in [9.17, 15) is 9.18 Å². The molecule has 0 aromatic heterocycles. The van der Waals surface area contributed by atoms with Gasteiger partial charge < -0.3 is 24.3 Å². The minimum Gasteiger partial charge on any atom is -0.494 e. The highest BCUT2D eigenvalue weighted by Crippen LogP contribution is 2.39. The van der Waals surface area contributed by atoms with Crippen LogP contribution in [-0.4, -0.2) is 40.3 Å². The van der Waals surface area contributed by atoms with Crippen LogP contribution in [0.4, 0.5) is 10.1 Å². The molecule has 1 N–H and O–H groups in total. The first-order valence-electron chi connectivity index (χ1n) is 11.1. The number of hydrogen-bond acceptors (Lipinski definition) is 6. The SMILES string of the molecule is COc1cc(NC(C)CC(=O)c2ccccc2)c(/C=C\c2cc(OC)c(OC)c(OC)c2)cc1F. The molecule has 0 spiro atoms. The number of hydrogen-bond donors (Lipinski definition) is 1. The first-order valence-corrected chi connectivity index (χ1v) is 11.1. The van der Waals surface area contributed by atoms with Crippen molar-refractivity contribution < 1.29 is 28.1 Å². The highest BCUT2D eigenvalue weighted by atomic mass is 19.1. The van der Waals surface area contributed by atoms with E-state index in [-0.39, 0.29) is 24.0 Å². The first kappa shape index (κ1) is 25.6. The molecule has 6 nitrogen and oxygen atoms in total. The van der Waals surface area contributed by atoms with Gasteiger partial charge >= 0.3 is 0 Å². The lowest BCUT2D eigenvalue weighted by molar-refractivity contribution is 0.0978. The van der Waals surface area contributed by atoms with Crippen LogP contribution in [0.2, 0.25) is 0 Å². The number of halogens is 1. The van der Waals surface area contributed by atoms with Crippen molar-refractivity contribution in [3.63, 3.8) is 0 Å². The molecule has 0 aliphatic heterocycles. The predicted octanol–water partition coefficient (Wildman–Crippen LogP) is 6.10. The number of anilines is 1. The van der Waals surface area contributed by atoms with Gasteiger partial charge in [-0.15, -0.1) is 0 Å². The molecule has 0 saturated carbocycles. The monoisotopic (exact) mass is 479 g/mol. The largest absolute Gasteiger partial charge is 0.494 e. The van der Waals surface area contributed by atoms with Crippen molar-refractivity contribution in [2.45, 2.75) is 19.4 Å². The quantitative estimate of drug-likeness (QED) is 0.265. The second kappa shape index (κ2) is 11.9. The zero-order valence-corrected chi connectivity index (χ0v) is 20.6. The molecule has 0 saturated heterocycles. The molecule has 0 radical (unpaired) electrons. The Hall–Kier alpha value is -4.00. The van der Waals surface area contributed by atoms with Gasteiger partial charge in [-0.1, -0.05) is 42.5 Å². The molecular formula is C28H30FNO5. The van der Waals surface area contributed by atoms with Crippen LogP contribution in [0.3, 0.4) is 0 Å². The van der Waals surface area contributed by atoms with Gasteiger partial charge in [0, 0.05) is 35.3 Å². The third kappa shape index (κ3) is 6.32. The minimum atomic E-state index is -0.490. The van der Waals surface area contributed by atoms with Gasteiger partial charge in [0.25, 0.3) is 0 Å². The Morgan fingerprint density at radius 1 is 0.886 bits per heavy atom. The van der Waals surface area contributed by atoms with Gasteiger partial charge in [0.15, 0.2) is 28.8 Å². The molecule has 7 heteroatoms. The topological polar surface area (TPSA) is 66.0 Å². The lowest BCUT2D eigenvalue weighted by Gasteiger charge is -2.18. The molecule has 1 unspecified atom stereocenters. The predicted molar refractivity (Wildman–Crippen MR) is 136 cm³/mol. The number of nitrogens with one attached hydrogen (secondary N) is 1. The Balaban J connectivity index is 1.89. The summed E-state index contributed by atoms with van der Waals surface area (Å²) in [5.41, 5.74) is 2.66. The lowest BCUT2D eigenvalue weighted by atomic mass is 10.0. The van der Waals surface area contributed by atoms with E-state index in [1.807, 2.05) is 31.2 Å². The van der Waals surface area contributed by atoms with Gasteiger partial charge in [-0.3, -0.25) is 4.79 Å². The van der Waals surface area contributed by atoms with Crippen LogP contribution in [0.5, 0.6) is 23.0 Å². The van der Waals surface area contributed by atoms with E-state index in [4.69, 9.17) is 18.9 Å². The van der Waals surface area contributed by atoms with Crippen LogP contribution < -0.4 is 24.3 Å². The maximum atomic E-state index is 14.6. The molecule has 0 bridgehead atoms. The second-order valence-corrected chi connectivity index (χ2v) is 7.90. The van der Waals surface area contributed by atoms with Crippen molar-refractivity contribution in [2.24, 2.45) is 0 Å². The highest BCUT2D eigenvalue weighted by molar-refractivity contribution is 5.96. The maximum Gasteiger partial charge on any atom is 0.203 e. The van der Waals surface area contributed by atoms with Crippen molar-refractivity contribution in [3.05, 3.63) is 77.1 Å². The number of rotatable bonds is 11. The summed E-state index contributed by atoms with van der Waals surface area (Å²) in [6.45, 7) is 1.91. The fraction of sp³-hybridized carbons (Fsp3) is 0.250. The fourth-order valence-electron chi connectivity index (χ4n) is 3.71. The Bertz CT molecular complexity index is 1170. The Morgan fingerprint density at radius 3 is 2.09 bits per heavy atom. The average Bonchev–Trinajstić information content (AvgIpc) is 2.88. The second-order valence-electron chi connectivity index (χ2n) is 7.90. The third-order valence-corrected chi connectivity index (χ3v) is 5.46. The summed E-state index contributed by atoms with van der Waals surface area (Å²) in [6.07, 6.45) is 3.87. The molecular weight excluding hydrogens is 449 g/mol. The molecule has 1 atom stereocenters. The molecule has 3 aromatic carbocycles.